The van der Waals surface area contributed by atoms with Gasteiger partial charge in [0.15, 0.2) is 0 Å². The van der Waals surface area contributed by atoms with E-state index in [1.807, 2.05) is 0 Å². The average molecular weight is 236 g/mol. The van der Waals surface area contributed by atoms with Crippen molar-refractivity contribution in [1.82, 2.24) is 0 Å². The van der Waals surface area contributed by atoms with Crippen molar-refractivity contribution < 1.29 is 0 Å². The van der Waals surface area contributed by atoms with Gasteiger partial charge in [0, 0.05) is 0 Å². The van der Waals surface area contributed by atoms with Gasteiger partial charge in [-0.3, -0.25) is 0 Å². The third-order valence-electron chi connectivity index (χ3n) is 5.33. The van der Waals surface area contributed by atoms with Crippen LogP contribution in [0.25, 0.3) is 0 Å². The first-order chi connectivity index (χ1) is 8.00. The molecule has 0 aromatic carbocycles. The Morgan fingerprint density at radius 3 is 2.29 bits per heavy atom. The van der Waals surface area contributed by atoms with Crippen molar-refractivity contribution in [1.29, 1.82) is 0 Å². The van der Waals surface area contributed by atoms with E-state index in [1.165, 1.54) is 51.4 Å². The van der Waals surface area contributed by atoms with Gasteiger partial charge < -0.3 is 0 Å². The van der Waals surface area contributed by atoms with E-state index in [1.54, 1.807) is 0 Å². The molecule has 0 heterocycles. The van der Waals surface area contributed by atoms with Gasteiger partial charge in [0.05, 0.1) is 0 Å². The van der Waals surface area contributed by atoms with E-state index < -0.39 is 0 Å². The van der Waals surface area contributed by atoms with Crippen LogP contribution in [0.3, 0.4) is 0 Å². The van der Waals surface area contributed by atoms with Crippen LogP contribution in [0.15, 0.2) is 0 Å². The quantitative estimate of drug-likeness (QED) is 0.477. The van der Waals surface area contributed by atoms with Crippen LogP contribution in [-0.4, -0.2) is 0 Å². The molecule has 2 atom stereocenters. The summed E-state index contributed by atoms with van der Waals surface area (Å²) in [6.45, 7) is 9.83. The summed E-state index contributed by atoms with van der Waals surface area (Å²) in [5.41, 5.74) is 0.620. The molecule has 0 N–H and O–H groups in total. The molecule has 2 unspecified atom stereocenters. The maximum absolute atomic E-state index is 2.51. The smallest absolute Gasteiger partial charge is 0.0323 e. The largest absolute Gasteiger partial charge is 0.0625 e. The molecular weight excluding hydrogens is 204 g/mol. The van der Waals surface area contributed by atoms with Crippen molar-refractivity contribution in [2.75, 3.05) is 0 Å². The standard InChI is InChI=1S/C17H32/c1-13(2)15-12-16(15)17(3,4)11-7-5-6-8-14-9-10-14/h13-16H,5-12H2,1-4H3. The second-order valence-electron chi connectivity index (χ2n) is 7.78. The van der Waals surface area contributed by atoms with Crippen molar-refractivity contribution in [3.63, 3.8) is 0 Å². The zero-order valence-corrected chi connectivity index (χ0v) is 12.5. The lowest BCUT2D eigenvalue weighted by molar-refractivity contribution is 0.245. The monoisotopic (exact) mass is 236 g/mol. The Kier molecular flexibility index (Phi) is 4.21. The molecule has 0 radical (unpaired) electrons. The fraction of sp³-hybridized carbons (Fsp3) is 1.00. The molecule has 17 heavy (non-hydrogen) atoms. The van der Waals surface area contributed by atoms with Gasteiger partial charge in [-0.25, -0.2) is 0 Å². The maximum atomic E-state index is 2.51. The number of unbranched alkanes of at least 4 members (excludes halogenated alkanes) is 2. The zero-order valence-electron chi connectivity index (χ0n) is 12.5. The molecule has 2 aliphatic rings. The minimum Gasteiger partial charge on any atom is -0.0625 e. The Labute approximate surface area is 109 Å². The molecule has 0 nitrogen and oxygen atoms in total. The summed E-state index contributed by atoms with van der Waals surface area (Å²) in [7, 11) is 0. The van der Waals surface area contributed by atoms with E-state index in [0.717, 1.165) is 23.7 Å². The van der Waals surface area contributed by atoms with Gasteiger partial charge in [-0.1, -0.05) is 66.2 Å². The second kappa shape index (κ2) is 5.33. The molecule has 0 saturated heterocycles. The average Bonchev–Trinajstić information content (AvgIpc) is 3.11. The Morgan fingerprint density at radius 1 is 1.06 bits per heavy atom. The normalized spacial score (nSPS) is 28.8. The minimum atomic E-state index is 0.620. The Hall–Kier alpha value is 0. The van der Waals surface area contributed by atoms with Gasteiger partial charge in [0.1, 0.15) is 0 Å². The van der Waals surface area contributed by atoms with Crippen LogP contribution >= 0.6 is 0 Å². The van der Waals surface area contributed by atoms with Gasteiger partial charge in [0.25, 0.3) is 0 Å². The number of hydrogen-bond acceptors (Lipinski definition) is 0. The SMILES string of the molecule is CC(C)C1CC1C(C)(C)CCCCCC1CC1. The highest BCUT2D eigenvalue weighted by atomic mass is 14.5. The first-order valence-electron chi connectivity index (χ1n) is 8.00. The van der Waals surface area contributed by atoms with E-state index in [9.17, 15) is 0 Å². The predicted molar refractivity (Wildman–Crippen MR) is 76.0 cm³/mol. The topological polar surface area (TPSA) is 0 Å². The molecule has 2 fully saturated rings. The van der Waals surface area contributed by atoms with Crippen LogP contribution in [0, 0.1) is 29.1 Å². The summed E-state index contributed by atoms with van der Waals surface area (Å²) >= 11 is 0. The van der Waals surface area contributed by atoms with Gasteiger partial charge in [-0.2, -0.15) is 0 Å². The molecular formula is C17H32. The fourth-order valence-corrected chi connectivity index (χ4v) is 3.63. The maximum Gasteiger partial charge on any atom is -0.0323 e. The van der Waals surface area contributed by atoms with E-state index >= 15 is 0 Å². The summed E-state index contributed by atoms with van der Waals surface area (Å²) in [5, 5.41) is 0. The van der Waals surface area contributed by atoms with Crippen LogP contribution in [0.1, 0.15) is 79.1 Å². The predicted octanol–water partition coefficient (Wildman–Crippen LogP) is 5.67. The summed E-state index contributed by atoms with van der Waals surface area (Å²) < 4.78 is 0. The van der Waals surface area contributed by atoms with Crippen molar-refractivity contribution >= 4 is 0 Å². The molecule has 100 valence electrons. The van der Waals surface area contributed by atoms with Gasteiger partial charge >= 0.3 is 0 Å². The molecule has 2 rings (SSSR count). The highest BCUT2D eigenvalue weighted by molar-refractivity contribution is 4.97. The van der Waals surface area contributed by atoms with Gasteiger partial charge in [-0.05, 0) is 41.9 Å². The van der Waals surface area contributed by atoms with Crippen LogP contribution < -0.4 is 0 Å². The van der Waals surface area contributed by atoms with E-state index in [4.69, 9.17) is 0 Å². The molecule has 0 amide bonds. The number of hydrogen-bond donors (Lipinski definition) is 0. The first-order valence-corrected chi connectivity index (χ1v) is 8.00. The van der Waals surface area contributed by atoms with Crippen molar-refractivity contribution in [2.24, 2.45) is 29.1 Å². The lowest BCUT2D eigenvalue weighted by Crippen LogP contribution is -2.16. The summed E-state index contributed by atoms with van der Waals surface area (Å²) in [6, 6.07) is 0. The van der Waals surface area contributed by atoms with Crippen LogP contribution in [0.4, 0.5) is 0 Å². The van der Waals surface area contributed by atoms with Crippen LogP contribution in [0.2, 0.25) is 0 Å². The third kappa shape index (κ3) is 4.00. The van der Waals surface area contributed by atoms with Gasteiger partial charge in [0.2, 0.25) is 0 Å². The Balaban J connectivity index is 1.57. The van der Waals surface area contributed by atoms with E-state index in [0.29, 0.717) is 5.41 Å². The van der Waals surface area contributed by atoms with E-state index in [2.05, 4.69) is 27.7 Å². The molecule has 0 bridgehead atoms. The van der Waals surface area contributed by atoms with Crippen molar-refractivity contribution in [3.05, 3.63) is 0 Å². The fourth-order valence-electron chi connectivity index (χ4n) is 3.63. The summed E-state index contributed by atoms with van der Waals surface area (Å²) in [5.74, 6) is 4.12. The Morgan fingerprint density at radius 2 is 1.76 bits per heavy atom. The summed E-state index contributed by atoms with van der Waals surface area (Å²) in [4.78, 5) is 0. The molecule has 0 spiro atoms. The molecule has 0 aromatic rings. The lowest BCUT2D eigenvalue weighted by atomic mass is 9.80. The molecule has 0 aromatic heterocycles. The van der Waals surface area contributed by atoms with Crippen molar-refractivity contribution in [2.45, 2.75) is 79.1 Å². The first kappa shape index (κ1) is 13.4. The number of rotatable bonds is 8. The Bertz CT molecular complexity index is 234. The molecule has 2 saturated carbocycles. The van der Waals surface area contributed by atoms with Crippen LogP contribution in [-0.2, 0) is 0 Å². The molecule has 0 heteroatoms. The van der Waals surface area contributed by atoms with Crippen LogP contribution in [0.5, 0.6) is 0 Å². The van der Waals surface area contributed by atoms with Gasteiger partial charge in [-0.15, -0.1) is 0 Å². The zero-order chi connectivity index (χ0) is 12.5. The lowest BCUT2D eigenvalue weighted by Gasteiger charge is -2.26. The highest BCUT2D eigenvalue weighted by Gasteiger charge is 2.47. The second-order valence-corrected chi connectivity index (χ2v) is 7.78. The highest BCUT2D eigenvalue weighted by Crippen LogP contribution is 2.56. The van der Waals surface area contributed by atoms with Crippen molar-refractivity contribution in [3.8, 4) is 0 Å². The molecule has 2 aliphatic carbocycles. The van der Waals surface area contributed by atoms with E-state index in [-0.39, 0.29) is 0 Å². The summed E-state index contributed by atoms with van der Waals surface area (Å²) in [6.07, 6.45) is 12.0. The minimum absolute atomic E-state index is 0.620. The molecule has 0 aliphatic heterocycles. The third-order valence-corrected chi connectivity index (χ3v) is 5.33.